The van der Waals surface area contributed by atoms with E-state index in [2.05, 4.69) is 46.1 Å². The lowest BCUT2D eigenvalue weighted by Crippen LogP contribution is -2.49. The van der Waals surface area contributed by atoms with Crippen LogP contribution in [0.3, 0.4) is 0 Å². The number of carbonyl (C=O) groups is 4. The second-order valence-electron chi connectivity index (χ2n) is 22.2. The lowest BCUT2D eigenvalue weighted by Gasteiger charge is -2.38. The standard InChI is InChI=1S/C58H76N6O12/c1-32(2)30-62-22-20-58(21-23-62)60-46-43-44-51(69)38(8)54-45(43)55(71)57(9,76-54)74-28-19-40(73-10)35(5)53(75-42(66)29-41(65)64-26-24-63(25-27-64)31-39-17-12-11-13-18-39)37(7)50(68)36(6)49(67)33(3)15-14-16-34(4)56(72)59-48(52(44)70)47(46)61-58/h11-19,28,32-33,35-37,40,49-50,53,60,67-70H,20-27,29-31H2,1-10H3/b15-14+,28-19+,34-16-,59-48?/t33-,35+,36+,37+,40-,49-,50+,53+,57-/m0/s1. The molecule has 3 aromatic carbocycles. The molecule has 5 bridgehead atoms. The number of ether oxygens (including phenoxy) is 4. The first-order valence-corrected chi connectivity index (χ1v) is 26.7. The highest BCUT2D eigenvalue weighted by atomic mass is 16.7. The third-order valence-corrected chi connectivity index (χ3v) is 16.1. The molecule has 9 atom stereocenters. The summed E-state index contributed by atoms with van der Waals surface area (Å²) < 4.78 is 24.7. The Bertz CT molecular complexity index is 2930. The number of phenolic OH excluding ortho intramolecular Hbond substituents is 2. The van der Waals surface area contributed by atoms with E-state index in [0.29, 0.717) is 63.7 Å². The van der Waals surface area contributed by atoms with Gasteiger partial charge < -0.3 is 54.5 Å². The number of fused-ring (bicyclic) bond motifs is 13. The van der Waals surface area contributed by atoms with Crippen LogP contribution in [0.2, 0.25) is 0 Å². The van der Waals surface area contributed by atoms with E-state index in [4.69, 9.17) is 23.9 Å². The number of amides is 2. The molecule has 0 unspecified atom stereocenters. The van der Waals surface area contributed by atoms with Gasteiger partial charge in [0.2, 0.25) is 5.91 Å². The average molecular weight is 1050 g/mol. The van der Waals surface area contributed by atoms with E-state index in [1.54, 1.807) is 58.6 Å². The van der Waals surface area contributed by atoms with Crippen LogP contribution in [0.1, 0.15) is 96.1 Å². The highest BCUT2D eigenvalue weighted by Crippen LogP contribution is 2.51. The number of aliphatic hydroxyl groups excluding tert-OH is 2. The van der Waals surface area contributed by atoms with Crippen LogP contribution in [0.4, 0.5) is 5.69 Å². The monoisotopic (exact) mass is 1050 g/mol. The molecule has 76 heavy (non-hydrogen) atoms. The van der Waals surface area contributed by atoms with Crippen molar-refractivity contribution in [2.75, 3.05) is 58.2 Å². The molecule has 18 nitrogen and oxygen atoms in total. The smallest absolute Gasteiger partial charge is 0.315 e. The van der Waals surface area contributed by atoms with Crippen molar-refractivity contribution in [3.63, 3.8) is 0 Å². The van der Waals surface area contributed by atoms with Gasteiger partial charge in [0.05, 0.1) is 41.2 Å². The van der Waals surface area contributed by atoms with Crippen LogP contribution < -0.4 is 20.8 Å². The number of piperazine rings is 1. The molecule has 0 aromatic heterocycles. The number of anilines is 1. The molecular weight excluding hydrogens is 973 g/mol. The van der Waals surface area contributed by atoms with Gasteiger partial charge in [0.15, 0.2) is 5.75 Å². The summed E-state index contributed by atoms with van der Waals surface area (Å²) in [5.74, 6) is -7.86. The third kappa shape index (κ3) is 11.3. The number of hydrogen-bond donors (Lipinski definition) is 5. The van der Waals surface area contributed by atoms with Gasteiger partial charge in [-0.3, -0.25) is 29.1 Å². The maximum absolute atomic E-state index is 15.0. The Labute approximate surface area is 444 Å². The number of hydrogen-bond acceptors (Lipinski definition) is 16. The number of esters is 1. The number of allylic oxidation sites excluding steroid dienone is 2. The molecule has 2 fully saturated rings. The molecule has 0 saturated carbocycles. The number of likely N-dealkylation sites (tertiary alicyclic amines) is 1. The third-order valence-electron chi connectivity index (χ3n) is 16.1. The number of rotatable bonds is 8. The van der Waals surface area contributed by atoms with Gasteiger partial charge in [-0.2, -0.15) is 0 Å². The van der Waals surface area contributed by atoms with Crippen LogP contribution >= 0.6 is 0 Å². The van der Waals surface area contributed by atoms with Crippen LogP contribution in [0, 0.1) is 36.5 Å². The summed E-state index contributed by atoms with van der Waals surface area (Å²) in [5, 5.41) is 51.5. The Morgan fingerprint density at radius 2 is 1.55 bits per heavy atom. The first kappa shape index (κ1) is 56.0. The second kappa shape index (κ2) is 22.8. The number of Topliss-reactive ketones (excluding diaryl/α,β-unsaturated/α-hetero) is 1. The fourth-order valence-electron chi connectivity index (χ4n) is 11.5. The fraction of sp³-hybridized carbons (Fsp3) is 0.552. The molecule has 6 aliphatic rings. The number of aliphatic hydroxyl groups is 2. The van der Waals surface area contributed by atoms with Gasteiger partial charge >= 0.3 is 11.8 Å². The van der Waals surface area contributed by atoms with Gasteiger partial charge in [-0.05, 0) is 31.4 Å². The largest absolute Gasteiger partial charge is 0.507 e. The molecule has 9 rings (SSSR count). The maximum Gasteiger partial charge on any atom is 0.315 e. The van der Waals surface area contributed by atoms with E-state index >= 15 is 0 Å². The van der Waals surface area contributed by atoms with Gasteiger partial charge in [0, 0.05) is 119 Å². The molecule has 18 heteroatoms. The fourth-order valence-corrected chi connectivity index (χ4v) is 11.5. The van der Waals surface area contributed by atoms with Gasteiger partial charge in [-0.25, -0.2) is 4.99 Å². The molecule has 6 aliphatic heterocycles. The minimum atomic E-state index is -2.02. The van der Waals surface area contributed by atoms with Gasteiger partial charge in [-0.1, -0.05) is 90.1 Å². The highest BCUT2D eigenvalue weighted by molar-refractivity contribution is 6.21. The number of benzene rings is 3. The number of nitrogens with zero attached hydrogens (tertiary/aromatic N) is 5. The zero-order valence-electron chi connectivity index (χ0n) is 45.5. The van der Waals surface area contributed by atoms with Crippen LogP contribution in [-0.2, 0) is 35.1 Å². The molecule has 6 heterocycles. The summed E-state index contributed by atoms with van der Waals surface area (Å²) in [6.45, 7) is 21.0. The summed E-state index contributed by atoms with van der Waals surface area (Å²) in [6.07, 6.45) is 3.89. The number of ketones is 1. The number of methoxy groups -OCH3 is 1. The Morgan fingerprint density at radius 3 is 2.21 bits per heavy atom. The number of piperidine rings is 1. The highest BCUT2D eigenvalue weighted by Gasteiger charge is 2.51. The van der Waals surface area contributed by atoms with E-state index in [9.17, 15) is 39.6 Å². The zero-order chi connectivity index (χ0) is 55.0. The quantitative estimate of drug-likeness (QED) is 0.107. The second-order valence-corrected chi connectivity index (χ2v) is 22.2. The van der Waals surface area contributed by atoms with E-state index in [0.717, 1.165) is 13.1 Å². The summed E-state index contributed by atoms with van der Waals surface area (Å²) in [5.41, 5.74) is 0.934. The molecule has 1 spiro atoms. The van der Waals surface area contributed by atoms with Crippen molar-refractivity contribution in [2.24, 2.45) is 39.6 Å². The summed E-state index contributed by atoms with van der Waals surface area (Å²) in [7, 11) is 1.45. The molecule has 0 aliphatic carbocycles. The predicted octanol–water partition coefficient (Wildman–Crippen LogP) is 5.46. The number of phenols is 2. The Kier molecular flexibility index (Phi) is 16.8. The minimum absolute atomic E-state index is 0.0266. The van der Waals surface area contributed by atoms with E-state index in [-0.39, 0.29) is 49.8 Å². The first-order chi connectivity index (χ1) is 36.1. The van der Waals surface area contributed by atoms with Crippen molar-refractivity contribution >= 4 is 40.0 Å². The normalized spacial score (nSPS) is 30.0. The zero-order valence-corrected chi connectivity index (χ0v) is 45.5. The van der Waals surface area contributed by atoms with Crippen LogP contribution in [0.15, 0.2) is 76.5 Å². The summed E-state index contributed by atoms with van der Waals surface area (Å²) in [6, 6.07) is 10.1. The van der Waals surface area contributed by atoms with Crippen LogP contribution in [-0.4, -0.2) is 147 Å². The SMILES string of the molecule is CO[C@H]1/C=C/O[C@@]2(C)Oc3c(C)c(O)c4c(O)c(c5c(c4c3C2=O)NC2(CCN(CC(C)C)CC2)N=5)=NC(=O)/C(C)=C\C=C\[C@H](C)[C@H](O)[C@@H](C)[C@@H](O)[C@@H](C)[C@H](OC(=O)CC(=O)N2CCN(Cc3ccccc3)CC2)[C@@H]1C. The molecule has 2 amide bonds. The average Bonchev–Trinajstić information content (AvgIpc) is 3.90. The van der Waals surface area contributed by atoms with Gasteiger partial charge in [0.25, 0.3) is 11.7 Å². The molecule has 410 valence electrons. The van der Waals surface area contributed by atoms with E-state index < -0.39 is 95.1 Å². The van der Waals surface area contributed by atoms with Crippen molar-refractivity contribution in [1.82, 2.24) is 14.7 Å². The molecular formula is C58H76N6O12. The number of carbonyl (C=O) groups excluding carboxylic acids is 4. The van der Waals surface area contributed by atoms with E-state index in [1.807, 2.05) is 18.2 Å². The lowest BCUT2D eigenvalue weighted by atomic mass is 9.78. The number of nitrogens with one attached hydrogen (secondary N) is 1. The topological polar surface area (TPSA) is 233 Å². The van der Waals surface area contributed by atoms with Crippen molar-refractivity contribution in [2.45, 2.75) is 124 Å². The molecule has 5 N–H and O–H groups in total. The molecule has 3 aromatic rings. The van der Waals surface area contributed by atoms with Gasteiger partial charge in [0.1, 0.15) is 40.4 Å². The van der Waals surface area contributed by atoms with Crippen molar-refractivity contribution in [3.05, 3.63) is 93.9 Å². The number of aromatic hydroxyl groups is 2. The predicted molar refractivity (Wildman–Crippen MR) is 285 cm³/mol. The van der Waals surface area contributed by atoms with Crippen LogP contribution in [0.5, 0.6) is 17.2 Å². The summed E-state index contributed by atoms with van der Waals surface area (Å²) >= 11 is 0. The van der Waals surface area contributed by atoms with Crippen molar-refractivity contribution in [3.8, 4) is 17.2 Å². The van der Waals surface area contributed by atoms with Gasteiger partial charge in [-0.15, -0.1) is 0 Å². The van der Waals surface area contributed by atoms with E-state index in [1.165, 1.54) is 38.0 Å². The minimum Gasteiger partial charge on any atom is -0.507 e. The maximum atomic E-state index is 15.0. The first-order valence-electron chi connectivity index (χ1n) is 26.7. The molecule has 2 saturated heterocycles. The Balaban J connectivity index is 1.14. The summed E-state index contributed by atoms with van der Waals surface area (Å²) in [4.78, 5) is 72.4. The van der Waals surface area contributed by atoms with Crippen molar-refractivity contribution in [1.29, 1.82) is 0 Å². The van der Waals surface area contributed by atoms with Crippen molar-refractivity contribution < 1.29 is 58.6 Å². The van der Waals surface area contributed by atoms with Crippen LogP contribution in [0.25, 0.3) is 10.8 Å². The Morgan fingerprint density at radius 1 is 0.868 bits per heavy atom. The lowest BCUT2D eigenvalue weighted by molar-refractivity contribution is -0.165. The molecule has 0 radical (unpaired) electrons. The Hall–Kier alpha value is -6.18.